The predicted molar refractivity (Wildman–Crippen MR) is 102 cm³/mol. The number of benzene rings is 2. The zero-order valence-electron chi connectivity index (χ0n) is 15.3. The second-order valence-electron chi connectivity index (χ2n) is 6.21. The summed E-state index contributed by atoms with van der Waals surface area (Å²) in [5.74, 6) is -0.814. The number of ether oxygens (including phenoxy) is 1. The summed E-state index contributed by atoms with van der Waals surface area (Å²) in [7, 11) is -3.17. The van der Waals surface area contributed by atoms with Gasteiger partial charge in [-0.15, -0.1) is 0 Å². The molecule has 28 heavy (non-hydrogen) atoms. The summed E-state index contributed by atoms with van der Waals surface area (Å²) in [5.41, 5.74) is 1.38. The lowest BCUT2D eigenvalue weighted by atomic mass is 10.0. The van der Waals surface area contributed by atoms with Gasteiger partial charge in [0.2, 0.25) is 0 Å². The molecule has 1 unspecified atom stereocenters. The monoisotopic (exact) mass is 401 g/mol. The van der Waals surface area contributed by atoms with Crippen molar-refractivity contribution < 1.29 is 22.7 Å². The minimum absolute atomic E-state index is 0.161. The fraction of sp³-hybridized carbons (Fsp3) is 0.211. The van der Waals surface area contributed by atoms with Crippen molar-refractivity contribution in [2.45, 2.75) is 24.3 Å². The van der Waals surface area contributed by atoms with E-state index in [1.807, 2.05) is 35.1 Å². The van der Waals surface area contributed by atoms with Crippen molar-refractivity contribution in [3.05, 3.63) is 65.7 Å². The van der Waals surface area contributed by atoms with Gasteiger partial charge in [-0.25, -0.2) is 27.7 Å². The third kappa shape index (κ3) is 3.89. The number of hydrogen-bond donors (Lipinski definition) is 1. The molecule has 8 nitrogen and oxygen atoms in total. The van der Waals surface area contributed by atoms with E-state index in [9.17, 15) is 18.0 Å². The zero-order chi connectivity index (χ0) is 20.3. The van der Waals surface area contributed by atoms with Crippen molar-refractivity contribution >= 4 is 27.7 Å². The highest BCUT2D eigenvalue weighted by atomic mass is 32.2. The lowest BCUT2D eigenvalue weighted by Crippen LogP contribution is -2.40. The number of amides is 2. The summed E-state index contributed by atoms with van der Waals surface area (Å²) >= 11 is 0. The average molecular weight is 401 g/mol. The number of esters is 1. The van der Waals surface area contributed by atoms with E-state index in [4.69, 9.17) is 0 Å². The third-order valence-corrected chi connectivity index (χ3v) is 5.64. The van der Waals surface area contributed by atoms with E-state index < -0.39 is 28.1 Å². The molecule has 9 heteroatoms. The number of carbonyl (C=O) groups is 2. The van der Waals surface area contributed by atoms with E-state index in [0.29, 0.717) is 12.1 Å². The van der Waals surface area contributed by atoms with Crippen molar-refractivity contribution in [3.8, 4) is 0 Å². The van der Waals surface area contributed by atoms with E-state index in [1.54, 1.807) is 6.92 Å². The summed E-state index contributed by atoms with van der Waals surface area (Å²) < 4.78 is 32.1. The molecule has 0 aliphatic carbocycles. The van der Waals surface area contributed by atoms with Crippen molar-refractivity contribution in [2.75, 3.05) is 7.11 Å². The molecule has 1 N–H and O–H groups in total. The van der Waals surface area contributed by atoms with Crippen LogP contribution in [0.1, 0.15) is 35.3 Å². The van der Waals surface area contributed by atoms with Gasteiger partial charge in [-0.3, -0.25) is 0 Å². The first kappa shape index (κ1) is 19.6. The van der Waals surface area contributed by atoms with Crippen LogP contribution in [0.5, 0.6) is 0 Å². The van der Waals surface area contributed by atoms with Crippen LogP contribution in [0.4, 0.5) is 4.79 Å². The van der Waals surface area contributed by atoms with Crippen molar-refractivity contribution in [2.24, 2.45) is 5.10 Å². The minimum Gasteiger partial charge on any atom is -0.465 e. The molecule has 1 aliphatic heterocycles. The Morgan fingerprint density at radius 2 is 1.75 bits per heavy atom. The number of sulfonamides is 1. The molecule has 1 heterocycles. The molecule has 1 atom stereocenters. The van der Waals surface area contributed by atoms with Gasteiger partial charge in [0.05, 0.1) is 18.7 Å². The second kappa shape index (κ2) is 7.81. The van der Waals surface area contributed by atoms with Gasteiger partial charge in [0, 0.05) is 12.1 Å². The first-order valence-electron chi connectivity index (χ1n) is 8.46. The topological polar surface area (TPSA) is 105 Å². The van der Waals surface area contributed by atoms with Crippen LogP contribution in [0.15, 0.2) is 64.6 Å². The molecule has 0 saturated heterocycles. The quantitative estimate of drug-likeness (QED) is 0.793. The lowest BCUT2D eigenvalue weighted by Gasteiger charge is -2.22. The van der Waals surface area contributed by atoms with Crippen molar-refractivity contribution in [1.82, 2.24) is 9.73 Å². The van der Waals surface area contributed by atoms with Crippen molar-refractivity contribution in [3.63, 3.8) is 0 Å². The Labute approximate surface area is 162 Å². The van der Waals surface area contributed by atoms with Gasteiger partial charge in [-0.2, -0.15) is 5.10 Å². The summed E-state index contributed by atoms with van der Waals surface area (Å²) in [6.45, 7) is 1.77. The largest absolute Gasteiger partial charge is 0.465 e. The van der Waals surface area contributed by atoms with Crippen LogP contribution in [-0.2, 0) is 14.8 Å². The summed E-state index contributed by atoms with van der Waals surface area (Å²) in [4.78, 5) is 24.3. The van der Waals surface area contributed by atoms with E-state index in [1.165, 1.54) is 24.3 Å². The lowest BCUT2D eigenvalue weighted by molar-refractivity contribution is 0.0596. The van der Waals surface area contributed by atoms with Crippen LogP contribution in [0, 0.1) is 0 Å². The van der Waals surface area contributed by atoms with Crippen LogP contribution in [0.3, 0.4) is 0 Å². The Balaban J connectivity index is 1.89. The highest BCUT2D eigenvalue weighted by Gasteiger charge is 2.34. The zero-order valence-corrected chi connectivity index (χ0v) is 16.1. The number of urea groups is 1. The molecule has 0 saturated carbocycles. The van der Waals surface area contributed by atoms with Gasteiger partial charge in [-0.1, -0.05) is 42.5 Å². The molecule has 0 spiro atoms. The normalized spacial score (nSPS) is 16.4. The smallest absolute Gasteiger partial charge is 0.352 e. The van der Waals surface area contributed by atoms with E-state index in [-0.39, 0.29) is 10.5 Å². The second-order valence-corrected chi connectivity index (χ2v) is 7.86. The molecule has 2 amide bonds. The fourth-order valence-electron chi connectivity index (χ4n) is 2.98. The number of hydrazone groups is 1. The third-order valence-electron chi connectivity index (χ3n) is 4.26. The average Bonchev–Trinajstić information content (AvgIpc) is 3.09. The molecular weight excluding hydrogens is 382 g/mol. The van der Waals surface area contributed by atoms with Gasteiger partial charge in [0.1, 0.15) is 4.90 Å². The van der Waals surface area contributed by atoms with Crippen LogP contribution in [0.2, 0.25) is 0 Å². The Morgan fingerprint density at radius 1 is 1.11 bits per heavy atom. The molecule has 0 aromatic heterocycles. The molecule has 0 radical (unpaired) electrons. The molecular formula is C19H19N3O5S. The SMILES string of the molecule is COC(=O)c1ccccc1S(=O)(=O)NC(=O)N1N=C(C)CC1c1ccccc1. The number of methoxy groups -OCH3 is 1. The van der Waals surface area contributed by atoms with E-state index in [0.717, 1.165) is 17.7 Å². The van der Waals surface area contributed by atoms with Crippen LogP contribution in [0.25, 0.3) is 0 Å². The Morgan fingerprint density at radius 3 is 2.43 bits per heavy atom. The minimum atomic E-state index is -4.32. The molecule has 2 aromatic rings. The standard InChI is InChI=1S/C19H19N3O5S/c1-13-12-16(14-8-4-3-5-9-14)22(20-13)19(24)21-28(25,26)17-11-7-6-10-15(17)18(23)27-2/h3-11,16H,12H2,1-2H3,(H,21,24). The molecule has 0 bridgehead atoms. The first-order valence-corrected chi connectivity index (χ1v) is 9.94. The summed E-state index contributed by atoms with van der Waals surface area (Å²) in [6.07, 6.45) is 0.496. The molecule has 0 fully saturated rings. The van der Waals surface area contributed by atoms with Gasteiger partial charge < -0.3 is 4.74 Å². The van der Waals surface area contributed by atoms with Gasteiger partial charge in [-0.05, 0) is 24.6 Å². The van der Waals surface area contributed by atoms with Gasteiger partial charge >= 0.3 is 12.0 Å². The number of nitrogens with one attached hydrogen (secondary N) is 1. The number of carbonyl (C=O) groups excluding carboxylic acids is 2. The van der Waals surface area contributed by atoms with Crippen LogP contribution >= 0.6 is 0 Å². The summed E-state index contributed by atoms with van der Waals surface area (Å²) in [5, 5.41) is 5.29. The van der Waals surface area contributed by atoms with Crippen molar-refractivity contribution in [1.29, 1.82) is 0 Å². The highest BCUT2D eigenvalue weighted by molar-refractivity contribution is 7.90. The highest BCUT2D eigenvalue weighted by Crippen LogP contribution is 2.30. The van der Waals surface area contributed by atoms with Gasteiger partial charge in [0.25, 0.3) is 10.0 Å². The van der Waals surface area contributed by atoms with E-state index in [2.05, 4.69) is 9.84 Å². The number of hydrogen-bond acceptors (Lipinski definition) is 6. The summed E-state index contributed by atoms with van der Waals surface area (Å²) in [6, 6.07) is 13.4. The Hall–Kier alpha value is -3.20. The first-order chi connectivity index (χ1) is 13.3. The predicted octanol–water partition coefficient (Wildman–Crippen LogP) is 2.69. The maximum Gasteiger partial charge on any atom is 0.352 e. The molecule has 3 rings (SSSR count). The maximum atomic E-state index is 12.8. The Bertz CT molecular complexity index is 1030. The molecule has 1 aliphatic rings. The van der Waals surface area contributed by atoms with Gasteiger partial charge in [0.15, 0.2) is 0 Å². The number of rotatable bonds is 4. The fourth-order valence-corrected chi connectivity index (χ4v) is 4.11. The van der Waals surface area contributed by atoms with Crippen LogP contribution < -0.4 is 4.72 Å². The van der Waals surface area contributed by atoms with Crippen LogP contribution in [-0.4, -0.2) is 38.2 Å². The van der Waals surface area contributed by atoms with E-state index >= 15 is 0 Å². The Kier molecular flexibility index (Phi) is 5.46. The molecule has 146 valence electrons. The molecule has 2 aromatic carbocycles. The number of nitrogens with zero attached hydrogens (tertiary/aromatic N) is 2. The maximum absolute atomic E-state index is 12.8.